The second kappa shape index (κ2) is 7.61. The van der Waals surface area contributed by atoms with Crippen LogP contribution in [0.2, 0.25) is 0 Å². The smallest absolute Gasteiger partial charge is 0.252 e. The van der Waals surface area contributed by atoms with Gasteiger partial charge in [-0.1, -0.05) is 0 Å². The average Bonchev–Trinajstić information content (AvgIpc) is 3.07. The van der Waals surface area contributed by atoms with E-state index >= 15 is 0 Å². The normalized spacial score (nSPS) is 21.9. The molecule has 2 aliphatic rings. The van der Waals surface area contributed by atoms with Crippen molar-refractivity contribution in [3.05, 3.63) is 40.3 Å². The average molecular weight is 356 g/mol. The SMILES string of the molecule is Cn1cncc1CN1CCC[C@@H](c2cc(=O)[nH]c(N3CCCCC3)n2)C1. The Balaban J connectivity index is 1.50. The molecule has 0 spiro atoms. The number of H-pyrrole nitrogens is 1. The molecule has 0 radical (unpaired) electrons. The Morgan fingerprint density at radius 1 is 1.19 bits per heavy atom. The predicted molar refractivity (Wildman–Crippen MR) is 101 cm³/mol. The first kappa shape index (κ1) is 17.3. The summed E-state index contributed by atoms with van der Waals surface area (Å²) in [5.74, 6) is 1.08. The van der Waals surface area contributed by atoms with Gasteiger partial charge >= 0.3 is 0 Å². The molecule has 2 aromatic heterocycles. The zero-order valence-corrected chi connectivity index (χ0v) is 15.5. The van der Waals surface area contributed by atoms with E-state index in [1.807, 2.05) is 19.6 Å². The van der Waals surface area contributed by atoms with Crippen LogP contribution in [0, 0.1) is 0 Å². The zero-order chi connectivity index (χ0) is 17.9. The third-order valence-electron chi connectivity index (χ3n) is 5.63. The molecule has 26 heavy (non-hydrogen) atoms. The van der Waals surface area contributed by atoms with Crippen LogP contribution in [0.15, 0.2) is 23.4 Å². The first-order valence-corrected chi connectivity index (χ1v) is 9.73. The van der Waals surface area contributed by atoms with E-state index in [0.717, 1.165) is 57.2 Å². The van der Waals surface area contributed by atoms with E-state index in [2.05, 4.69) is 24.3 Å². The van der Waals surface area contributed by atoms with Gasteiger partial charge < -0.3 is 9.47 Å². The molecule has 4 rings (SSSR count). The largest absolute Gasteiger partial charge is 0.342 e. The molecule has 0 aromatic carbocycles. The highest BCUT2D eigenvalue weighted by atomic mass is 16.1. The Morgan fingerprint density at radius 2 is 2.04 bits per heavy atom. The third-order valence-corrected chi connectivity index (χ3v) is 5.63. The Kier molecular flexibility index (Phi) is 5.06. The maximum atomic E-state index is 12.2. The second-order valence-corrected chi connectivity index (χ2v) is 7.61. The lowest BCUT2D eigenvalue weighted by Gasteiger charge is -2.33. The third kappa shape index (κ3) is 3.82. The number of aromatic nitrogens is 4. The zero-order valence-electron chi connectivity index (χ0n) is 15.5. The molecule has 2 fully saturated rings. The quantitative estimate of drug-likeness (QED) is 0.906. The van der Waals surface area contributed by atoms with Gasteiger partial charge in [0.1, 0.15) is 0 Å². The topological polar surface area (TPSA) is 70.1 Å². The summed E-state index contributed by atoms with van der Waals surface area (Å²) in [6.07, 6.45) is 9.63. The molecule has 2 aromatic rings. The minimum absolute atomic E-state index is 0.0284. The summed E-state index contributed by atoms with van der Waals surface area (Å²) in [7, 11) is 2.03. The lowest BCUT2D eigenvalue weighted by molar-refractivity contribution is 0.195. The van der Waals surface area contributed by atoms with Crippen LogP contribution >= 0.6 is 0 Å². The number of piperidine rings is 2. The summed E-state index contributed by atoms with van der Waals surface area (Å²) in [5.41, 5.74) is 2.14. The second-order valence-electron chi connectivity index (χ2n) is 7.61. The maximum absolute atomic E-state index is 12.2. The summed E-state index contributed by atoms with van der Waals surface area (Å²) < 4.78 is 2.07. The number of nitrogens with zero attached hydrogens (tertiary/aromatic N) is 5. The number of aromatic amines is 1. The van der Waals surface area contributed by atoms with Gasteiger partial charge in [-0.25, -0.2) is 9.97 Å². The number of hydrogen-bond donors (Lipinski definition) is 1. The number of imidazole rings is 1. The molecular formula is C19H28N6O. The van der Waals surface area contributed by atoms with Gasteiger partial charge in [0.15, 0.2) is 0 Å². The molecule has 0 aliphatic carbocycles. The lowest BCUT2D eigenvalue weighted by Crippen LogP contribution is -2.36. The molecule has 0 bridgehead atoms. The van der Waals surface area contributed by atoms with Crippen molar-refractivity contribution >= 4 is 5.95 Å². The fourth-order valence-corrected chi connectivity index (χ4v) is 4.13. The van der Waals surface area contributed by atoms with E-state index in [9.17, 15) is 4.79 Å². The van der Waals surface area contributed by atoms with Crippen molar-refractivity contribution in [1.29, 1.82) is 0 Å². The monoisotopic (exact) mass is 356 g/mol. The van der Waals surface area contributed by atoms with Crippen LogP contribution in [-0.4, -0.2) is 50.6 Å². The summed E-state index contributed by atoms with van der Waals surface area (Å²) in [6, 6.07) is 1.70. The van der Waals surface area contributed by atoms with Crippen LogP contribution in [0.5, 0.6) is 0 Å². The standard InChI is InChI=1S/C19H28N6O/c1-23-14-20-11-16(23)13-24-7-5-6-15(12-24)17-10-18(26)22-19(21-17)25-8-3-2-4-9-25/h10-11,14-15H,2-9,12-13H2,1H3,(H,21,22,26)/t15-/m1/s1. The van der Waals surface area contributed by atoms with Crippen molar-refractivity contribution in [3.8, 4) is 0 Å². The van der Waals surface area contributed by atoms with Crippen molar-refractivity contribution in [2.45, 2.75) is 44.6 Å². The number of hydrogen-bond acceptors (Lipinski definition) is 5. The molecule has 7 nitrogen and oxygen atoms in total. The fraction of sp³-hybridized carbons (Fsp3) is 0.632. The predicted octanol–water partition coefficient (Wildman–Crippen LogP) is 1.87. The summed E-state index contributed by atoms with van der Waals surface area (Å²) in [5, 5.41) is 0. The van der Waals surface area contributed by atoms with Crippen molar-refractivity contribution in [3.63, 3.8) is 0 Å². The highest BCUT2D eigenvalue weighted by Gasteiger charge is 2.24. The molecule has 1 atom stereocenters. The number of anilines is 1. The van der Waals surface area contributed by atoms with E-state index in [0.29, 0.717) is 5.92 Å². The summed E-state index contributed by atoms with van der Waals surface area (Å²) in [4.78, 5) is 28.9. The van der Waals surface area contributed by atoms with E-state index in [1.165, 1.54) is 25.0 Å². The Bertz CT molecular complexity index is 791. The number of nitrogens with one attached hydrogen (secondary N) is 1. The Hall–Kier alpha value is -2.15. The van der Waals surface area contributed by atoms with Gasteiger partial charge in [0.25, 0.3) is 5.56 Å². The van der Waals surface area contributed by atoms with Crippen LogP contribution in [0.3, 0.4) is 0 Å². The number of likely N-dealkylation sites (tertiary alicyclic amines) is 1. The summed E-state index contributed by atoms with van der Waals surface area (Å²) in [6.45, 7) is 4.91. The van der Waals surface area contributed by atoms with Crippen LogP contribution in [-0.2, 0) is 13.6 Å². The Labute approximate surface area is 154 Å². The Morgan fingerprint density at radius 3 is 2.81 bits per heavy atom. The minimum atomic E-state index is -0.0284. The van der Waals surface area contributed by atoms with Crippen LogP contribution in [0.25, 0.3) is 0 Å². The van der Waals surface area contributed by atoms with E-state index in [-0.39, 0.29) is 5.56 Å². The van der Waals surface area contributed by atoms with E-state index < -0.39 is 0 Å². The van der Waals surface area contributed by atoms with Gasteiger partial charge in [-0.05, 0) is 38.6 Å². The van der Waals surface area contributed by atoms with Gasteiger partial charge in [0.2, 0.25) is 5.95 Å². The van der Waals surface area contributed by atoms with Gasteiger partial charge in [-0.15, -0.1) is 0 Å². The van der Waals surface area contributed by atoms with Crippen LogP contribution < -0.4 is 10.5 Å². The van der Waals surface area contributed by atoms with Crippen LogP contribution in [0.4, 0.5) is 5.95 Å². The number of aryl methyl sites for hydroxylation is 1. The van der Waals surface area contributed by atoms with Gasteiger partial charge in [0, 0.05) is 51.4 Å². The molecule has 7 heteroatoms. The van der Waals surface area contributed by atoms with E-state index in [4.69, 9.17) is 4.98 Å². The molecular weight excluding hydrogens is 328 g/mol. The molecule has 0 amide bonds. The highest BCUT2D eigenvalue weighted by molar-refractivity contribution is 5.31. The molecule has 2 aliphatic heterocycles. The first-order valence-electron chi connectivity index (χ1n) is 9.73. The fourth-order valence-electron chi connectivity index (χ4n) is 4.13. The van der Waals surface area contributed by atoms with Crippen molar-refractivity contribution in [2.24, 2.45) is 7.05 Å². The van der Waals surface area contributed by atoms with Gasteiger partial charge in [0.05, 0.1) is 17.7 Å². The highest BCUT2D eigenvalue weighted by Crippen LogP contribution is 2.27. The first-order chi connectivity index (χ1) is 12.7. The molecule has 4 heterocycles. The lowest BCUT2D eigenvalue weighted by atomic mass is 9.94. The van der Waals surface area contributed by atoms with E-state index in [1.54, 1.807) is 6.07 Å². The molecule has 140 valence electrons. The maximum Gasteiger partial charge on any atom is 0.252 e. The molecule has 0 unspecified atom stereocenters. The molecule has 0 saturated carbocycles. The minimum Gasteiger partial charge on any atom is -0.342 e. The molecule has 1 N–H and O–H groups in total. The van der Waals surface area contributed by atoms with Crippen molar-refractivity contribution in [2.75, 3.05) is 31.1 Å². The van der Waals surface area contributed by atoms with Crippen molar-refractivity contribution in [1.82, 2.24) is 24.4 Å². The summed E-state index contributed by atoms with van der Waals surface area (Å²) >= 11 is 0. The van der Waals surface area contributed by atoms with Crippen LogP contribution in [0.1, 0.15) is 49.4 Å². The molecule has 2 saturated heterocycles. The van der Waals surface area contributed by atoms with Gasteiger partial charge in [-0.2, -0.15) is 0 Å². The number of rotatable bonds is 4. The van der Waals surface area contributed by atoms with Gasteiger partial charge in [-0.3, -0.25) is 14.7 Å². The van der Waals surface area contributed by atoms with Crippen molar-refractivity contribution < 1.29 is 0 Å².